The van der Waals surface area contributed by atoms with Crippen molar-refractivity contribution in [2.45, 2.75) is 25.7 Å². The molecule has 1 aliphatic heterocycles. The van der Waals surface area contributed by atoms with Crippen molar-refractivity contribution in [3.05, 3.63) is 0 Å². The Bertz CT molecular complexity index is 282. The Balaban J connectivity index is -0.0000000595. The second-order valence-corrected chi connectivity index (χ2v) is 4.71. The van der Waals surface area contributed by atoms with Crippen LogP contribution in [0.1, 0.15) is 25.7 Å². The summed E-state index contributed by atoms with van der Waals surface area (Å²) in [5.74, 6) is -0.0255. The van der Waals surface area contributed by atoms with Gasteiger partial charge in [0.2, 0.25) is 0 Å². The zero-order chi connectivity index (χ0) is 14.8. The average Bonchev–Trinajstić information content (AvgIpc) is 2.25. The van der Waals surface area contributed by atoms with E-state index < -0.39 is 15.6 Å². The molecule has 0 saturated carbocycles. The number of esters is 1. The van der Waals surface area contributed by atoms with Crippen LogP contribution in [-0.2, 0) is 18.7 Å². The number of cyclic esters (lactones) is 1. The largest absolute Gasteiger partial charge is 2.00 e. The maximum Gasteiger partial charge on any atom is 2.00 e. The van der Waals surface area contributed by atoms with Crippen molar-refractivity contribution in [1.29, 1.82) is 0 Å². The van der Waals surface area contributed by atoms with E-state index in [4.69, 9.17) is 43.2 Å². The third-order valence-corrected chi connectivity index (χ3v) is 1.29. The molecule has 0 aromatic carbocycles. The van der Waals surface area contributed by atoms with E-state index in [1.807, 2.05) is 0 Å². The van der Waals surface area contributed by atoms with Crippen LogP contribution in [0.3, 0.4) is 0 Å². The first-order valence-electron chi connectivity index (χ1n) is 4.51. The number of hydrogen-bond acceptors (Lipinski definition) is 10. The van der Waals surface area contributed by atoms with Crippen LogP contribution < -0.4 is 29.4 Å². The average molecular weight is 377 g/mol. The summed E-state index contributed by atoms with van der Waals surface area (Å²) < 4.78 is 21.9. The molecule has 0 aromatic heterocycles. The van der Waals surface area contributed by atoms with Gasteiger partial charge in [0.15, 0.2) is 0 Å². The molecule has 0 radical (unpaired) electrons. The maximum atomic E-state index is 10.5. The minimum Gasteiger partial charge on any atom is -0.822 e. The van der Waals surface area contributed by atoms with E-state index in [-0.39, 0.29) is 75.1 Å². The summed E-state index contributed by atoms with van der Waals surface area (Å²) in [7, 11) is -10.8. The van der Waals surface area contributed by atoms with E-state index in [9.17, 15) is 4.79 Å². The summed E-state index contributed by atoms with van der Waals surface area (Å²) in [6.45, 7) is 0.638. The molecule has 0 atom stereocenters. The van der Waals surface area contributed by atoms with Crippen LogP contribution in [0.25, 0.3) is 0 Å². The quantitative estimate of drug-likeness (QED) is 0.223. The van der Waals surface area contributed by atoms with E-state index in [2.05, 4.69) is 0 Å². The molecular formula is C6H10Mg3O10P2. The summed E-state index contributed by atoms with van der Waals surface area (Å²) in [6, 6.07) is 0. The van der Waals surface area contributed by atoms with Gasteiger partial charge < -0.3 is 43.2 Å². The van der Waals surface area contributed by atoms with E-state index in [0.717, 1.165) is 19.3 Å². The van der Waals surface area contributed by atoms with Gasteiger partial charge in [-0.1, -0.05) is 0 Å². The van der Waals surface area contributed by atoms with Crippen LogP contribution in [0.5, 0.6) is 0 Å². The molecule has 1 rings (SSSR count). The molecule has 0 unspecified atom stereocenters. The van der Waals surface area contributed by atoms with Crippen molar-refractivity contribution < 1.29 is 48.0 Å². The van der Waals surface area contributed by atoms with Gasteiger partial charge in [-0.15, -0.1) is 0 Å². The molecule has 0 aliphatic carbocycles. The number of hydrogen-bond donors (Lipinski definition) is 0. The van der Waals surface area contributed by atoms with Gasteiger partial charge in [-0.3, -0.25) is 4.79 Å². The normalized spacial score (nSPS) is 13.9. The zero-order valence-electron chi connectivity index (χ0n) is 11.1. The Morgan fingerprint density at radius 2 is 1.10 bits per heavy atom. The molecule has 0 amide bonds. The Kier molecular flexibility index (Phi) is 30.0. The fraction of sp³-hybridized carbons (Fsp3) is 0.833. The van der Waals surface area contributed by atoms with Crippen LogP contribution in [0.2, 0.25) is 0 Å². The molecule has 21 heavy (non-hydrogen) atoms. The predicted octanol–water partition coefficient (Wildman–Crippen LogP) is -5.69. The molecular weight excluding hydrogens is 367 g/mol. The van der Waals surface area contributed by atoms with Crippen LogP contribution in [0.4, 0.5) is 0 Å². The number of ether oxygens (including phenoxy) is 1. The van der Waals surface area contributed by atoms with Crippen LogP contribution >= 0.6 is 15.6 Å². The van der Waals surface area contributed by atoms with Crippen molar-refractivity contribution in [2.24, 2.45) is 0 Å². The maximum absolute atomic E-state index is 10.5. The minimum absolute atomic E-state index is 0. The van der Waals surface area contributed by atoms with Gasteiger partial charge in [0.25, 0.3) is 0 Å². The Morgan fingerprint density at radius 1 is 0.762 bits per heavy atom. The molecule has 0 N–H and O–H groups in total. The Hall–Kier alpha value is 1.99. The van der Waals surface area contributed by atoms with E-state index >= 15 is 0 Å². The summed E-state index contributed by atoms with van der Waals surface area (Å²) in [6.07, 6.45) is 3.83. The Morgan fingerprint density at radius 3 is 1.43 bits per heavy atom. The van der Waals surface area contributed by atoms with Gasteiger partial charge in [-0.05, 0) is 19.3 Å². The van der Waals surface area contributed by atoms with E-state index in [1.54, 1.807) is 0 Å². The monoisotopic (exact) mass is 376 g/mol. The molecule has 110 valence electrons. The van der Waals surface area contributed by atoms with Gasteiger partial charge in [0, 0.05) is 6.42 Å². The molecule has 1 aliphatic rings. The second-order valence-electron chi connectivity index (χ2n) is 2.93. The second kappa shape index (κ2) is 18.3. The van der Waals surface area contributed by atoms with Gasteiger partial charge in [-0.2, -0.15) is 15.6 Å². The third kappa shape index (κ3) is 72.8. The van der Waals surface area contributed by atoms with E-state index in [0.29, 0.717) is 13.0 Å². The third-order valence-electron chi connectivity index (χ3n) is 1.29. The topological polar surface area (TPSA) is 199 Å². The molecule has 1 saturated heterocycles. The first kappa shape index (κ1) is 34.3. The van der Waals surface area contributed by atoms with Crippen molar-refractivity contribution in [3.63, 3.8) is 0 Å². The minimum atomic E-state index is -5.39. The number of carbonyl (C=O) groups excluding carboxylic acids is 1. The first-order valence-corrected chi connectivity index (χ1v) is 7.43. The molecule has 1 fully saturated rings. The number of rotatable bonds is 0. The fourth-order valence-electron chi connectivity index (χ4n) is 0.806. The molecule has 1 heterocycles. The standard InChI is InChI=1S/C6H10O2.3Mg.2H3O4P/c7-6-4-2-1-3-5-8-6;;;;2*1-5(2,3)4/h1-5H2;;;;2*(H3,1,2,3,4)/q;3*+2;;/p-6. The number of phosphoric acid groups is 2. The van der Waals surface area contributed by atoms with Gasteiger partial charge in [-0.25, -0.2) is 0 Å². The summed E-state index contributed by atoms with van der Waals surface area (Å²) in [5.41, 5.74) is 0. The predicted molar refractivity (Wildman–Crippen MR) is 61.9 cm³/mol. The molecule has 0 aromatic rings. The zero-order valence-corrected chi connectivity index (χ0v) is 17.2. The van der Waals surface area contributed by atoms with Crippen LogP contribution in [0.15, 0.2) is 0 Å². The Labute approximate surface area is 170 Å². The molecule has 0 spiro atoms. The fourth-order valence-corrected chi connectivity index (χ4v) is 0.806. The molecule has 0 bridgehead atoms. The van der Waals surface area contributed by atoms with E-state index in [1.165, 1.54) is 0 Å². The molecule has 15 heteroatoms. The van der Waals surface area contributed by atoms with Crippen LogP contribution in [-0.4, -0.2) is 81.7 Å². The van der Waals surface area contributed by atoms with Gasteiger partial charge in [0.1, 0.15) is 0 Å². The first-order chi connectivity index (χ1) is 7.89. The van der Waals surface area contributed by atoms with Crippen molar-refractivity contribution in [3.8, 4) is 0 Å². The molecule has 10 nitrogen and oxygen atoms in total. The van der Waals surface area contributed by atoms with Crippen molar-refractivity contribution >= 4 is 90.8 Å². The SMILES string of the molecule is O=C1CCCCCO1.O=P([O-])([O-])[O-].O=P([O-])([O-])[O-].[Mg+2].[Mg+2].[Mg+2]. The van der Waals surface area contributed by atoms with Crippen LogP contribution in [0, 0.1) is 0 Å². The summed E-state index contributed by atoms with van der Waals surface area (Å²) in [5, 5.41) is 0. The van der Waals surface area contributed by atoms with Crippen molar-refractivity contribution in [1.82, 2.24) is 0 Å². The van der Waals surface area contributed by atoms with Gasteiger partial charge in [0.05, 0.1) is 6.61 Å². The number of carbonyl (C=O) groups is 1. The van der Waals surface area contributed by atoms with Crippen molar-refractivity contribution in [2.75, 3.05) is 6.61 Å². The summed E-state index contributed by atoms with van der Waals surface area (Å²) in [4.78, 5) is 61.8. The summed E-state index contributed by atoms with van der Waals surface area (Å²) >= 11 is 0. The van der Waals surface area contributed by atoms with Gasteiger partial charge >= 0.3 is 75.1 Å². The smallest absolute Gasteiger partial charge is 0.822 e.